The van der Waals surface area contributed by atoms with E-state index in [2.05, 4.69) is 12.1 Å². The number of rotatable bonds is 8. The minimum Gasteiger partial charge on any atom is -0.390 e. The van der Waals surface area contributed by atoms with E-state index in [1.807, 2.05) is 39.0 Å². The van der Waals surface area contributed by atoms with Gasteiger partial charge in [0.05, 0.1) is 6.23 Å². The summed E-state index contributed by atoms with van der Waals surface area (Å²) in [7, 11) is -2.41. The highest BCUT2D eigenvalue weighted by Crippen LogP contribution is 2.09. The minimum absolute atomic E-state index is 0.551. The summed E-state index contributed by atoms with van der Waals surface area (Å²) < 4.78 is 17.5. The third-order valence-corrected chi connectivity index (χ3v) is 5.77. The molecule has 0 unspecified atom stereocenters. The highest BCUT2D eigenvalue weighted by atomic mass is 28.4. The molecule has 1 aromatic rings. The van der Waals surface area contributed by atoms with Crippen LogP contribution in [0.4, 0.5) is 0 Å². The Labute approximate surface area is 105 Å². The molecule has 0 aliphatic heterocycles. The average molecular weight is 254 g/mol. The fourth-order valence-electron chi connectivity index (χ4n) is 1.77. The zero-order chi connectivity index (χ0) is 12.6. The number of ether oxygens (including phenoxy) is 1. The van der Waals surface area contributed by atoms with Crippen LogP contribution in [-0.2, 0) is 13.6 Å². The first-order valence-electron chi connectivity index (χ1n) is 6.20. The van der Waals surface area contributed by atoms with Gasteiger partial charge in [-0.3, -0.25) is 0 Å². The molecule has 0 aliphatic carbocycles. The molecule has 0 fully saturated rings. The van der Waals surface area contributed by atoms with Crippen LogP contribution in [0, 0.1) is 0 Å². The molecular formula is C13H22O3Si. The topological polar surface area (TPSA) is 27.7 Å². The molecule has 1 rings (SSSR count). The summed E-state index contributed by atoms with van der Waals surface area (Å²) in [6, 6.07) is 10.2. The van der Waals surface area contributed by atoms with Gasteiger partial charge in [0, 0.05) is 19.8 Å². The molecule has 0 atom stereocenters. The van der Waals surface area contributed by atoms with Crippen LogP contribution in [0.1, 0.15) is 20.8 Å². The number of benzene rings is 1. The van der Waals surface area contributed by atoms with E-state index in [9.17, 15) is 0 Å². The van der Waals surface area contributed by atoms with Gasteiger partial charge in [0.15, 0.2) is 0 Å². The molecule has 0 radical (unpaired) electrons. The minimum atomic E-state index is -2.41. The van der Waals surface area contributed by atoms with Crippen molar-refractivity contribution in [1.82, 2.24) is 0 Å². The molecule has 0 aromatic heterocycles. The second-order valence-electron chi connectivity index (χ2n) is 3.62. The Hall–Kier alpha value is -0.683. The third kappa shape index (κ3) is 3.92. The smallest absolute Gasteiger partial charge is 0.390 e. The van der Waals surface area contributed by atoms with Gasteiger partial charge in [-0.2, -0.15) is 0 Å². The van der Waals surface area contributed by atoms with Crippen LogP contribution in [0.5, 0.6) is 0 Å². The Morgan fingerprint density at radius 2 is 1.47 bits per heavy atom. The Bertz CT molecular complexity index is 297. The van der Waals surface area contributed by atoms with Crippen LogP contribution in [-0.4, -0.2) is 34.6 Å². The fourth-order valence-corrected chi connectivity index (χ4v) is 4.63. The lowest BCUT2D eigenvalue weighted by Gasteiger charge is -2.29. The lowest BCUT2D eigenvalue weighted by molar-refractivity contribution is 0.120. The van der Waals surface area contributed by atoms with E-state index in [1.165, 1.54) is 0 Å². The summed E-state index contributed by atoms with van der Waals surface area (Å²) in [5, 5.41) is 1.14. The normalized spacial score (nSPS) is 11.7. The molecule has 0 amide bonds. The van der Waals surface area contributed by atoms with Gasteiger partial charge < -0.3 is 13.6 Å². The van der Waals surface area contributed by atoms with Crippen molar-refractivity contribution in [2.75, 3.05) is 26.1 Å². The maximum atomic E-state index is 5.95. The summed E-state index contributed by atoms with van der Waals surface area (Å²) in [5.41, 5.74) is 0. The predicted octanol–water partition coefficient (Wildman–Crippen LogP) is 1.98. The highest BCUT2D eigenvalue weighted by molar-refractivity contribution is 6.81. The summed E-state index contributed by atoms with van der Waals surface area (Å²) in [6.07, 6.45) is 0.551. The van der Waals surface area contributed by atoms with Crippen molar-refractivity contribution in [3.8, 4) is 0 Å². The largest absolute Gasteiger partial charge is 0.399 e. The molecule has 0 N–H and O–H groups in total. The Kier molecular flexibility index (Phi) is 6.43. The van der Waals surface area contributed by atoms with Gasteiger partial charge in [0.2, 0.25) is 0 Å². The monoisotopic (exact) mass is 254 g/mol. The molecule has 4 heteroatoms. The van der Waals surface area contributed by atoms with Crippen LogP contribution in [0.2, 0.25) is 0 Å². The molecule has 0 saturated carbocycles. The molecular weight excluding hydrogens is 232 g/mol. The summed E-state index contributed by atoms with van der Waals surface area (Å²) in [6.45, 7) is 7.96. The second kappa shape index (κ2) is 7.61. The van der Waals surface area contributed by atoms with Crippen molar-refractivity contribution in [2.24, 2.45) is 0 Å². The molecule has 96 valence electrons. The molecule has 0 aliphatic rings. The lowest BCUT2D eigenvalue weighted by Crippen LogP contribution is -2.58. The van der Waals surface area contributed by atoms with Crippen molar-refractivity contribution in [2.45, 2.75) is 20.8 Å². The second-order valence-corrected chi connectivity index (χ2v) is 6.57. The average Bonchev–Trinajstić information content (AvgIpc) is 2.37. The maximum absolute atomic E-state index is 5.95. The first-order valence-corrected chi connectivity index (χ1v) is 8.22. The van der Waals surface area contributed by atoms with Crippen molar-refractivity contribution in [3.63, 3.8) is 0 Å². The zero-order valence-electron chi connectivity index (χ0n) is 10.9. The van der Waals surface area contributed by atoms with Crippen LogP contribution < -0.4 is 5.19 Å². The Balaban J connectivity index is 2.95. The molecule has 0 bridgehead atoms. The predicted molar refractivity (Wildman–Crippen MR) is 71.6 cm³/mol. The van der Waals surface area contributed by atoms with E-state index in [0.29, 0.717) is 26.1 Å². The number of hydrogen-bond donors (Lipinski definition) is 0. The van der Waals surface area contributed by atoms with Crippen LogP contribution >= 0.6 is 0 Å². The van der Waals surface area contributed by atoms with Crippen molar-refractivity contribution in [1.29, 1.82) is 0 Å². The van der Waals surface area contributed by atoms with E-state index >= 15 is 0 Å². The number of hydrogen-bond acceptors (Lipinski definition) is 3. The van der Waals surface area contributed by atoms with Crippen molar-refractivity contribution in [3.05, 3.63) is 30.3 Å². The van der Waals surface area contributed by atoms with Crippen LogP contribution in [0.25, 0.3) is 0 Å². The molecule has 0 heterocycles. The van der Waals surface area contributed by atoms with Crippen molar-refractivity contribution >= 4 is 13.7 Å². The van der Waals surface area contributed by atoms with Gasteiger partial charge in [0.1, 0.15) is 0 Å². The molecule has 0 saturated heterocycles. The van der Waals surface area contributed by atoms with Gasteiger partial charge in [-0.1, -0.05) is 30.3 Å². The first kappa shape index (κ1) is 14.4. The summed E-state index contributed by atoms with van der Waals surface area (Å²) >= 11 is 0. The van der Waals surface area contributed by atoms with E-state index in [0.717, 1.165) is 5.19 Å². The summed E-state index contributed by atoms with van der Waals surface area (Å²) in [4.78, 5) is 0. The lowest BCUT2D eigenvalue weighted by atomic mass is 10.4. The standard InChI is InChI=1S/C13H22O3Si/c1-4-14-12-17(15-5-2,16-6-3)13-10-8-7-9-11-13/h7-11H,4-6,12H2,1-3H3. The highest BCUT2D eigenvalue weighted by Gasteiger charge is 2.40. The van der Waals surface area contributed by atoms with Crippen LogP contribution in [0.3, 0.4) is 0 Å². The third-order valence-electron chi connectivity index (χ3n) is 2.46. The maximum Gasteiger partial charge on any atom is 0.399 e. The first-order chi connectivity index (χ1) is 8.29. The van der Waals surface area contributed by atoms with Crippen molar-refractivity contribution < 1.29 is 13.6 Å². The Morgan fingerprint density at radius 3 is 1.94 bits per heavy atom. The zero-order valence-corrected chi connectivity index (χ0v) is 11.9. The van der Waals surface area contributed by atoms with Gasteiger partial charge in [-0.25, -0.2) is 0 Å². The molecule has 0 spiro atoms. The summed E-state index contributed by atoms with van der Waals surface area (Å²) in [5.74, 6) is 0. The van der Waals surface area contributed by atoms with Gasteiger partial charge in [-0.05, 0) is 26.0 Å². The van der Waals surface area contributed by atoms with E-state index in [-0.39, 0.29) is 0 Å². The van der Waals surface area contributed by atoms with E-state index in [4.69, 9.17) is 13.6 Å². The SMILES string of the molecule is CCOC[Si](OCC)(OCC)c1ccccc1. The van der Waals surface area contributed by atoms with Gasteiger partial charge >= 0.3 is 8.56 Å². The van der Waals surface area contributed by atoms with Gasteiger partial charge in [0.25, 0.3) is 0 Å². The van der Waals surface area contributed by atoms with E-state index < -0.39 is 8.56 Å². The molecule has 17 heavy (non-hydrogen) atoms. The quantitative estimate of drug-likeness (QED) is 0.664. The molecule has 1 aromatic carbocycles. The Morgan fingerprint density at radius 1 is 0.882 bits per heavy atom. The fraction of sp³-hybridized carbons (Fsp3) is 0.538. The van der Waals surface area contributed by atoms with E-state index in [1.54, 1.807) is 0 Å². The molecule has 3 nitrogen and oxygen atoms in total. The van der Waals surface area contributed by atoms with Crippen LogP contribution in [0.15, 0.2) is 30.3 Å². The van der Waals surface area contributed by atoms with Gasteiger partial charge in [-0.15, -0.1) is 0 Å².